The van der Waals surface area contributed by atoms with Crippen LogP contribution in [0.5, 0.6) is 0 Å². The number of nitrogens with zero attached hydrogens (tertiary/aromatic N) is 4. The first-order valence-corrected chi connectivity index (χ1v) is 8.47. The van der Waals surface area contributed by atoms with E-state index in [9.17, 15) is 9.59 Å². The Bertz CT molecular complexity index is 529. The maximum atomic E-state index is 12.4. The Hall–Kier alpha value is -1.70. The van der Waals surface area contributed by atoms with Gasteiger partial charge >= 0.3 is 6.03 Å². The molecule has 1 atom stereocenters. The molecule has 1 aromatic heterocycles. The number of urea groups is 1. The minimum Gasteiger partial charge on any atom is -0.343 e. The second-order valence-corrected chi connectivity index (χ2v) is 6.12. The summed E-state index contributed by atoms with van der Waals surface area (Å²) in [6.07, 6.45) is 1.69. The number of likely N-dealkylation sites (tertiary alicyclic amines) is 1. The molecule has 1 aliphatic heterocycles. The van der Waals surface area contributed by atoms with E-state index in [1.807, 2.05) is 18.7 Å². The SMILES string of the molecule is CCN(CC)C(=O)[C@H]1CCCN(C(=O)Nc2nc(C)ns2)C1. The highest BCUT2D eigenvalue weighted by molar-refractivity contribution is 7.09. The van der Waals surface area contributed by atoms with Crippen molar-refractivity contribution in [1.82, 2.24) is 19.2 Å². The molecule has 2 heterocycles. The van der Waals surface area contributed by atoms with Gasteiger partial charge in [0.05, 0.1) is 5.92 Å². The summed E-state index contributed by atoms with van der Waals surface area (Å²) in [5, 5.41) is 3.26. The van der Waals surface area contributed by atoms with Gasteiger partial charge in [-0.3, -0.25) is 10.1 Å². The highest BCUT2D eigenvalue weighted by Gasteiger charge is 2.30. The van der Waals surface area contributed by atoms with Gasteiger partial charge in [0, 0.05) is 37.7 Å². The average molecular weight is 325 g/mol. The molecule has 2 rings (SSSR count). The maximum absolute atomic E-state index is 12.4. The summed E-state index contributed by atoms with van der Waals surface area (Å²) in [4.78, 5) is 32.4. The van der Waals surface area contributed by atoms with E-state index in [0.717, 1.165) is 12.8 Å². The van der Waals surface area contributed by atoms with Crippen LogP contribution in [0.4, 0.5) is 9.93 Å². The number of hydrogen-bond donors (Lipinski definition) is 1. The molecule has 0 saturated carbocycles. The van der Waals surface area contributed by atoms with E-state index in [2.05, 4.69) is 14.7 Å². The van der Waals surface area contributed by atoms with E-state index in [-0.39, 0.29) is 17.9 Å². The molecule has 0 aromatic carbocycles. The maximum Gasteiger partial charge on any atom is 0.323 e. The Morgan fingerprint density at radius 3 is 2.73 bits per heavy atom. The number of piperidine rings is 1. The van der Waals surface area contributed by atoms with Crippen LogP contribution in [0.3, 0.4) is 0 Å². The predicted molar refractivity (Wildman–Crippen MR) is 85.9 cm³/mol. The third kappa shape index (κ3) is 3.94. The normalized spacial score (nSPS) is 18.1. The summed E-state index contributed by atoms with van der Waals surface area (Å²) in [6, 6.07) is -0.201. The summed E-state index contributed by atoms with van der Waals surface area (Å²) < 4.78 is 4.04. The topological polar surface area (TPSA) is 78.4 Å². The highest BCUT2D eigenvalue weighted by Crippen LogP contribution is 2.20. The molecular formula is C14H23N5O2S. The van der Waals surface area contributed by atoms with E-state index >= 15 is 0 Å². The number of nitrogens with one attached hydrogen (secondary N) is 1. The smallest absolute Gasteiger partial charge is 0.323 e. The molecule has 1 saturated heterocycles. The quantitative estimate of drug-likeness (QED) is 0.918. The zero-order chi connectivity index (χ0) is 16.1. The van der Waals surface area contributed by atoms with Crippen LogP contribution < -0.4 is 5.32 Å². The fraction of sp³-hybridized carbons (Fsp3) is 0.714. The summed E-state index contributed by atoms with van der Waals surface area (Å²) in [5.41, 5.74) is 0. The third-order valence-electron chi connectivity index (χ3n) is 3.87. The van der Waals surface area contributed by atoms with Gasteiger partial charge in [0.1, 0.15) is 5.82 Å². The number of aromatic nitrogens is 2. The second-order valence-electron chi connectivity index (χ2n) is 5.37. The van der Waals surface area contributed by atoms with Gasteiger partial charge in [0.2, 0.25) is 11.0 Å². The first-order valence-electron chi connectivity index (χ1n) is 7.70. The predicted octanol–water partition coefficient (Wildman–Crippen LogP) is 1.96. The molecule has 0 radical (unpaired) electrons. The Balaban J connectivity index is 1.95. The number of carbonyl (C=O) groups is 2. The lowest BCUT2D eigenvalue weighted by molar-refractivity contribution is -0.136. The summed E-state index contributed by atoms with van der Waals surface area (Å²) in [6.45, 7) is 8.31. The van der Waals surface area contributed by atoms with Crippen LogP contribution in [0.15, 0.2) is 0 Å². The molecule has 7 nitrogen and oxygen atoms in total. The molecule has 1 N–H and O–H groups in total. The van der Waals surface area contributed by atoms with Gasteiger partial charge in [-0.1, -0.05) is 0 Å². The molecule has 0 bridgehead atoms. The van der Waals surface area contributed by atoms with Crippen LogP contribution in [0, 0.1) is 12.8 Å². The molecule has 1 fully saturated rings. The second kappa shape index (κ2) is 7.53. The van der Waals surface area contributed by atoms with Gasteiger partial charge in [-0.25, -0.2) is 9.78 Å². The average Bonchev–Trinajstić information content (AvgIpc) is 2.93. The fourth-order valence-electron chi connectivity index (χ4n) is 2.68. The molecule has 0 aliphatic carbocycles. The van der Waals surface area contributed by atoms with Crippen LogP contribution in [0.25, 0.3) is 0 Å². The number of rotatable bonds is 4. The molecule has 0 spiro atoms. The summed E-state index contributed by atoms with van der Waals surface area (Å²) in [7, 11) is 0. The fourth-order valence-corrected chi connectivity index (χ4v) is 3.24. The summed E-state index contributed by atoms with van der Waals surface area (Å²) in [5.74, 6) is 0.693. The van der Waals surface area contributed by atoms with E-state index in [0.29, 0.717) is 37.1 Å². The van der Waals surface area contributed by atoms with E-state index < -0.39 is 0 Å². The number of anilines is 1. The van der Waals surface area contributed by atoms with E-state index in [1.54, 1.807) is 11.8 Å². The lowest BCUT2D eigenvalue weighted by atomic mass is 9.96. The van der Waals surface area contributed by atoms with Crippen molar-refractivity contribution in [2.24, 2.45) is 5.92 Å². The monoisotopic (exact) mass is 325 g/mol. The number of carbonyl (C=O) groups excluding carboxylic acids is 2. The van der Waals surface area contributed by atoms with Gasteiger partial charge in [0.25, 0.3) is 0 Å². The van der Waals surface area contributed by atoms with Gasteiger partial charge in [-0.2, -0.15) is 4.37 Å². The zero-order valence-electron chi connectivity index (χ0n) is 13.3. The van der Waals surface area contributed by atoms with Crippen molar-refractivity contribution in [1.29, 1.82) is 0 Å². The summed E-state index contributed by atoms with van der Waals surface area (Å²) >= 11 is 1.17. The van der Waals surface area contributed by atoms with Crippen LogP contribution in [0.1, 0.15) is 32.5 Å². The van der Waals surface area contributed by atoms with Gasteiger partial charge in [0.15, 0.2) is 0 Å². The van der Waals surface area contributed by atoms with E-state index in [4.69, 9.17) is 0 Å². The minimum atomic E-state index is -0.201. The molecule has 22 heavy (non-hydrogen) atoms. The van der Waals surface area contributed by atoms with Crippen LogP contribution in [0.2, 0.25) is 0 Å². The first kappa shape index (κ1) is 16.7. The number of amides is 3. The largest absolute Gasteiger partial charge is 0.343 e. The van der Waals surface area contributed by atoms with E-state index in [1.165, 1.54) is 11.5 Å². The third-order valence-corrected chi connectivity index (χ3v) is 4.60. The molecule has 122 valence electrons. The Morgan fingerprint density at radius 2 is 2.14 bits per heavy atom. The van der Waals surface area contributed by atoms with Crippen LogP contribution in [-0.4, -0.2) is 57.3 Å². The Kier molecular flexibility index (Phi) is 5.70. The minimum absolute atomic E-state index is 0.101. The molecule has 1 aromatic rings. The number of hydrogen-bond acceptors (Lipinski definition) is 5. The van der Waals surface area contributed by atoms with Gasteiger partial charge in [-0.15, -0.1) is 0 Å². The molecule has 8 heteroatoms. The molecule has 3 amide bonds. The van der Waals surface area contributed by atoms with Gasteiger partial charge < -0.3 is 9.80 Å². The van der Waals surface area contributed by atoms with Crippen molar-refractivity contribution in [3.05, 3.63) is 5.82 Å². The molecule has 1 aliphatic rings. The zero-order valence-corrected chi connectivity index (χ0v) is 14.2. The standard InChI is InChI=1S/C14H23N5O2S/c1-4-18(5-2)12(20)11-7-6-8-19(9-11)14(21)16-13-15-10(3)17-22-13/h11H,4-9H2,1-3H3,(H,15,16,17,21)/t11-/m0/s1. The van der Waals surface area contributed by atoms with Crippen molar-refractivity contribution >= 4 is 28.6 Å². The lowest BCUT2D eigenvalue weighted by Crippen LogP contribution is -2.47. The van der Waals surface area contributed by atoms with Crippen molar-refractivity contribution in [3.8, 4) is 0 Å². The van der Waals surface area contributed by atoms with Crippen molar-refractivity contribution in [3.63, 3.8) is 0 Å². The van der Waals surface area contributed by atoms with Crippen LogP contribution in [-0.2, 0) is 4.79 Å². The first-order chi connectivity index (χ1) is 10.5. The Labute approximate surface area is 134 Å². The van der Waals surface area contributed by atoms with Crippen LogP contribution >= 0.6 is 11.5 Å². The van der Waals surface area contributed by atoms with Gasteiger partial charge in [-0.05, 0) is 33.6 Å². The molecular weight excluding hydrogens is 302 g/mol. The van der Waals surface area contributed by atoms with Crippen molar-refractivity contribution in [2.45, 2.75) is 33.6 Å². The highest BCUT2D eigenvalue weighted by atomic mass is 32.1. The van der Waals surface area contributed by atoms with Crippen molar-refractivity contribution in [2.75, 3.05) is 31.5 Å². The number of aryl methyl sites for hydroxylation is 1. The lowest BCUT2D eigenvalue weighted by Gasteiger charge is -2.34. The molecule has 0 unspecified atom stereocenters. The van der Waals surface area contributed by atoms with Crippen molar-refractivity contribution < 1.29 is 9.59 Å². The Morgan fingerprint density at radius 1 is 1.41 bits per heavy atom.